The van der Waals surface area contributed by atoms with E-state index in [0.29, 0.717) is 6.04 Å². The van der Waals surface area contributed by atoms with Crippen LogP contribution < -0.4 is 5.32 Å². The normalized spacial score (nSPS) is 17.3. The van der Waals surface area contributed by atoms with E-state index >= 15 is 0 Å². The standard InChI is InChI=1S/C17H21N3S/c1-3-12-11-18-14(4-2)17(19-12)20-15-9-10-21-16-8-6-5-7-13(15)16/h5-8,11,15H,3-4,9-10H2,1-2H3,(H,19,20). The van der Waals surface area contributed by atoms with Crippen molar-refractivity contribution in [3.63, 3.8) is 0 Å². The quantitative estimate of drug-likeness (QED) is 0.916. The maximum Gasteiger partial charge on any atom is 0.148 e. The third-order valence-corrected chi connectivity index (χ3v) is 4.99. The molecule has 1 unspecified atom stereocenters. The molecule has 3 nitrogen and oxygen atoms in total. The molecule has 0 saturated carbocycles. The Morgan fingerprint density at radius 2 is 2.10 bits per heavy atom. The van der Waals surface area contributed by atoms with Crippen LogP contribution in [0.2, 0.25) is 0 Å². The molecule has 1 atom stereocenters. The number of thioether (sulfide) groups is 1. The second kappa shape index (κ2) is 6.48. The molecule has 21 heavy (non-hydrogen) atoms. The SMILES string of the molecule is CCc1cnc(CC)c(NC2CCSc3ccccc32)n1. The molecule has 2 heterocycles. The van der Waals surface area contributed by atoms with Crippen molar-refractivity contribution in [3.8, 4) is 0 Å². The second-order valence-electron chi connectivity index (χ2n) is 5.24. The van der Waals surface area contributed by atoms with Gasteiger partial charge in [0.2, 0.25) is 0 Å². The maximum atomic E-state index is 4.75. The fourth-order valence-electron chi connectivity index (χ4n) is 2.65. The highest BCUT2D eigenvalue weighted by Crippen LogP contribution is 2.37. The largest absolute Gasteiger partial charge is 0.362 e. The summed E-state index contributed by atoms with van der Waals surface area (Å²) in [4.78, 5) is 10.7. The Kier molecular flexibility index (Phi) is 4.44. The van der Waals surface area contributed by atoms with Crippen molar-refractivity contribution in [1.82, 2.24) is 9.97 Å². The first-order valence-corrected chi connectivity index (χ1v) is 8.63. The molecule has 0 radical (unpaired) electrons. The van der Waals surface area contributed by atoms with Gasteiger partial charge in [0.25, 0.3) is 0 Å². The number of benzene rings is 1. The molecule has 110 valence electrons. The van der Waals surface area contributed by atoms with Crippen LogP contribution in [0.25, 0.3) is 0 Å². The summed E-state index contributed by atoms with van der Waals surface area (Å²) < 4.78 is 0. The highest BCUT2D eigenvalue weighted by atomic mass is 32.2. The van der Waals surface area contributed by atoms with E-state index in [-0.39, 0.29) is 0 Å². The van der Waals surface area contributed by atoms with E-state index in [1.54, 1.807) is 0 Å². The van der Waals surface area contributed by atoms with Gasteiger partial charge in [-0.15, -0.1) is 11.8 Å². The summed E-state index contributed by atoms with van der Waals surface area (Å²) in [5.74, 6) is 2.11. The number of hydrogen-bond donors (Lipinski definition) is 1. The Hall–Kier alpha value is -1.55. The molecule has 0 fully saturated rings. The predicted octanol–water partition coefficient (Wildman–Crippen LogP) is 4.25. The third kappa shape index (κ3) is 3.05. The molecule has 0 bridgehead atoms. The van der Waals surface area contributed by atoms with Crippen LogP contribution in [0, 0.1) is 0 Å². The predicted molar refractivity (Wildman–Crippen MR) is 88.9 cm³/mol. The average molecular weight is 299 g/mol. The lowest BCUT2D eigenvalue weighted by atomic mass is 10.0. The van der Waals surface area contributed by atoms with Crippen LogP contribution in [0.4, 0.5) is 5.82 Å². The third-order valence-electron chi connectivity index (χ3n) is 3.86. The van der Waals surface area contributed by atoms with Gasteiger partial charge in [0.15, 0.2) is 0 Å². The van der Waals surface area contributed by atoms with Crippen molar-refractivity contribution >= 4 is 17.6 Å². The Morgan fingerprint density at radius 1 is 1.24 bits per heavy atom. The highest BCUT2D eigenvalue weighted by Gasteiger charge is 2.21. The van der Waals surface area contributed by atoms with E-state index in [2.05, 4.69) is 48.4 Å². The Morgan fingerprint density at radius 3 is 2.90 bits per heavy atom. The molecule has 1 aromatic carbocycles. The monoisotopic (exact) mass is 299 g/mol. The lowest BCUT2D eigenvalue weighted by Gasteiger charge is -2.27. The summed E-state index contributed by atoms with van der Waals surface area (Å²) >= 11 is 1.94. The van der Waals surface area contributed by atoms with Crippen LogP contribution in [0.1, 0.15) is 43.3 Å². The number of rotatable bonds is 4. The van der Waals surface area contributed by atoms with Gasteiger partial charge in [-0.25, -0.2) is 4.98 Å². The molecule has 1 aliphatic heterocycles. The maximum absolute atomic E-state index is 4.75. The van der Waals surface area contributed by atoms with Gasteiger partial charge in [-0.2, -0.15) is 0 Å². The number of aryl methyl sites for hydroxylation is 2. The molecule has 3 rings (SSSR count). The summed E-state index contributed by atoms with van der Waals surface area (Å²) in [6, 6.07) is 9.01. The van der Waals surface area contributed by atoms with E-state index in [4.69, 9.17) is 4.98 Å². The summed E-state index contributed by atoms with van der Waals surface area (Å²) in [5.41, 5.74) is 3.50. The molecular weight excluding hydrogens is 278 g/mol. The first kappa shape index (κ1) is 14.4. The number of nitrogens with one attached hydrogen (secondary N) is 1. The topological polar surface area (TPSA) is 37.8 Å². The highest BCUT2D eigenvalue weighted by molar-refractivity contribution is 7.99. The number of nitrogens with zero attached hydrogens (tertiary/aromatic N) is 2. The van der Waals surface area contributed by atoms with Gasteiger partial charge < -0.3 is 5.32 Å². The van der Waals surface area contributed by atoms with Crippen LogP contribution in [0.15, 0.2) is 35.4 Å². The summed E-state index contributed by atoms with van der Waals surface area (Å²) in [6.45, 7) is 4.25. The minimum atomic E-state index is 0.342. The molecule has 1 aromatic heterocycles. The van der Waals surface area contributed by atoms with E-state index in [1.807, 2.05) is 18.0 Å². The van der Waals surface area contributed by atoms with Crippen molar-refractivity contribution in [2.75, 3.05) is 11.1 Å². The number of aromatic nitrogens is 2. The van der Waals surface area contributed by atoms with E-state index < -0.39 is 0 Å². The Balaban J connectivity index is 1.90. The molecule has 0 amide bonds. The summed E-state index contributed by atoms with van der Waals surface area (Å²) in [7, 11) is 0. The average Bonchev–Trinajstić information content (AvgIpc) is 2.55. The van der Waals surface area contributed by atoms with Crippen LogP contribution in [-0.4, -0.2) is 15.7 Å². The minimum absolute atomic E-state index is 0.342. The zero-order valence-electron chi connectivity index (χ0n) is 12.6. The Labute approximate surface area is 130 Å². The van der Waals surface area contributed by atoms with Gasteiger partial charge in [-0.05, 0) is 30.9 Å². The van der Waals surface area contributed by atoms with Crippen molar-refractivity contribution in [2.45, 2.75) is 44.0 Å². The summed E-state index contributed by atoms with van der Waals surface area (Å²) in [5, 5.41) is 3.64. The van der Waals surface area contributed by atoms with Gasteiger partial charge in [-0.3, -0.25) is 4.98 Å². The zero-order chi connectivity index (χ0) is 14.7. The number of hydrogen-bond acceptors (Lipinski definition) is 4. The number of anilines is 1. The second-order valence-corrected chi connectivity index (χ2v) is 6.37. The molecule has 1 aliphatic rings. The fraction of sp³-hybridized carbons (Fsp3) is 0.412. The van der Waals surface area contributed by atoms with Gasteiger partial charge >= 0.3 is 0 Å². The lowest BCUT2D eigenvalue weighted by Crippen LogP contribution is -2.18. The van der Waals surface area contributed by atoms with E-state index in [9.17, 15) is 0 Å². The molecule has 4 heteroatoms. The van der Waals surface area contributed by atoms with Gasteiger partial charge in [0.1, 0.15) is 5.82 Å². The lowest BCUT2D eigenvalue weighted by molar-refractivity contribution is 0.718. The number of fused-ring (bicyclic) bond motifs is 1. The molecule has 1 N–H and O–H groups in total. The van der Waals surface area contributed by atoms with Crippen molar-refractivity contribution in [3.05, 3.63) is 47.4 Å². The van der Waals surface area contributed by atoms with Crippen LogP contribution >= 0.6 is 11.8 Å². The molecule has 2 aromatic rings. The Bertz CT molecular complexity index is 627. The van der Waals surface area contributed by atoms with Gasteiger partial charge in [0.05, 0.1) is 17.4 Å². The van der Waals surface area contributed by atoms with E-state index in [1.165, 1.54) is 10.5 Å². The van der Waals surface area contributed by atoms with Gasteiger partial charge in [0, 0.05) is 16.8 Å². The molecular formula is C17H21N3S. The van der Waals surface area contributed by atoms with Crippen molar-refractivity contribution < 1.29 is 0 Å². The fourth-order valence-corrected chi connectivity index (χ4v) is 3.78. The van der Waals surface area contributed by atoms with Crippen LogP contribution in [0.3, 0.4) is 0 Å². The van der Waals surface area contributed by atoms with Crippen molar-refractivity contribution in [2.24, 2.45) is 0 Å². The minimum Gasteiger partial charge on any atom is -0.362 e. The van der Waals surface area contributed by atoms with Crippen LogP contribution in [-0.2, 0) is 12.8 Å². The van der Waals surface area contributed by atoms with E-state index in [0.717, 1.165) is 42.2 Å². The first-order chi connectivity index (χ1) is 10.3. The van der Waals surface area contributed by atoms with Crippen molar-refractivity contribution in [1.29, 1.82) is 0 Å². The smallest absolute Gasteiger partial charge is 0.148 e. The summed E-state index contributed by atoms with van der Waals surface area (Å²) in [6.07, 6.45) is 4.85. The first-order valence-electron chi connectivity index (χ1n) is 7.64. The zero-order valence-corrected chi connectivity index (χ0v) is 13.4. The van der Waals surface area contributed by atoms with Gasteiger partial charge in [-0.1, -0.05) is 32.0 Å². The molecule has 0 spiro atoms. The molecule has 0 saturated heterocycles. The van der Waals surface area contributed by atoms with Crippen LogP contribution in [0.5, 0.6) is 0 Å². The molecule has 0 aliphatic carbocycles.